The zero-order valence-corrected chi connectivity index (χ0v) is 12.1. The molecule has 8 nitrogen and oxygen atoms in total. The number of hydrogen-bond acceptors (Lipinski definition) is 4. The van der Waals surface area contributed by atoms with Crippen molar-refractivity contribution < 1.29 is 24.6 Å². The van der Waals surface area contributed by atoms with Crippen LogP contribution >= 0.6 is 0 Å². The van der Waals surface area contributed by atoms with Gasteiger partial charge in [0.1, 0.15) is 6.04 Å². The SMILES string of the molecule is CC(=O)N1CCCN(C(=O)N2C[C@H](O)C[C@H]2C(=O)O)CC1. The largest absolute Gasteiger partial charge is 0.480 e. The van der Waals surface area contributed by atoms with Crippen LogP contribution in [-0.4, -0.2) is 87.7 Å². The van der Waals surface area contributed by atoms with Gasteiger partial charge in [0.05, 0.1) is 6.10 Å². The maximum atomic E-state index is 12.5. The molecule has 0 aliphatic carbocycles. The lowest BCUT2D eigenvalue weighted by Crippen LogP contribution is -2.49. The van der Waals surface area contributed by atoms with E-state index in [2.05, 4.69) is 0 Å². The first kappa shape index (κ1) is 15.6. The highest BCUT2D eigenvalue weighted by Crippen LogP contribution is 2.20. The molecule has 0 bridgehead atoms. The molecule has 2 atom stereocenters. The number of amides is 3. The lowest BCUT2D eigenvalue weighted by molar-refractivity contribution is -0.141. The van der Waals surface area contributed by atoms with Gasteiger partial charge in [0.15, 0.2) is 0 Å². The molecule has 118 valence electrons. The Labute approximate surface area is 122 Å². The number of hydrogen-bond donors (Lipinski definition) is 2. The Morgan fingerprint density at radius 1 is 1.05 bits per heavy atom. The van der Waals surface area contributed by atoms with E-state index in [1.165, 1.54) is 11.8 Å². The van der Waals surface area contributed by atoms with Gasteiger partial charge in [-0.05, 0) is 6.42 Å². The molecule has 2 N–H and O–H groups in total. The van der Waals surface area contributed by atoms with Gasteiger partial charge in [-0.25, -0.2) is 9.59 Å². The molecule has 2 aliphatic heterocycles. The highest BCUT2D eigenvalue weighted by atomic mass is 16.4. The second-order valence-corrected chi connectivity index (χ2v) is 5.53. The number of aliphatic hydroxyl groups is 1. The van der Waals surface area contributed by atoms with Crippen molar-refractivity contribution in [3.05, 3.63) is 0 Å². The first-order valence-corrected chi connectivity index (χ1v) is 7.12. The second kappa shape index (κ2) is 6.30. The van der Waals surface area contributed by atoms with Crippen molar-refractivity contribution in [2.75, 3.05) is 32.7 Å². The fourth-order valence-corrected chi connectivity index (χ4v) is 2.86. The van der Waals surface area contributed by atoms with E-state index in [1.54, 1.807) is 9.80 Å². The average molecular weight is 299 g/mol. The number of aliphatic hydroxyl groups excluding tert-OH is 1. The Morgan fingerprint density at radius 2 is 1.67 bits per heavy atom. The van der Waals surface area contributed by atoms with Crippen LogP contribution in [0.1, 0.15) is 19.8 Å². The van der Waals surface area contributed by atoms with Crippen LogP contribution in [0.2, 0.25) is 0 Å². The molecule has 21 heavy (non-hydrogen) atoms. The van der Waals surface area contributed by atoms with Gasteiger partial charge < -0.3 is 24.9 Å². The van der Waals surface area contributed by atoms with Gasteiger partial charge in [-0.2, -0.15) is 0 Å². The molecule has 0 aromatic rings. The molecule has 8 heteroatoms. The van der Waals surface area contributed by atoms with Crippen molar-refractivity contribution >= 4 is 17.9 Å². The topological polar surface area (TPSA) is 101 Å². The average Bonchev–Trinajstić information content (AvgIpc) is 2.66. The predicted octanol–water partition coefficient (Wildman–Crippen LogP) is -0.820. The van der Waals surface area contributed by atoms with Crippen LogP contribution in [-0.2, 0) is 9.59 Å². The van der Waals surface area contributed by atoms with E-state index in [4.69, 9.17) is 5.11 Å². The van der Waals surface area contributed by atoms with Crippen LogP contribution in [0.4, 0.5) is 4.79 Å². The van der Waals surface area contributed by atoms with E-state index in [9.17, 15) is 19.5 Å². The maximum Gasteiger partial charge on any atom is 0.326 e. The molecule has 0 radical (unpaired) electrons. The van der Waals surface area contributed by atoms with Crippen LogP contribution in [0.5, 0.6) is 0 Å². The Morgan fingerprint density at radius 3 is 2.29 bits per heavy atom. The third-order valence-electron chi connectivity index (χ3n) is 4.02. The summed E-state index contributed by atoms with van der Waals surface area (Å²) in [7, 11) is 0. The third-order valence-corrected chi connectivity index (χ3v) is 4.02. The summed E-state index contributed by atoms with van der Waals surface area (Å²) in [4.78, 5) is 39.5. The number of carbonyl (C=O) groups is 3. The van der Waals surface area contributed by atoms with Gasteiger partial charge >= 0.3 is 12.0 Å². The zero-order chi connectivity index (χ0) is 15.6. The minimum Gasteiger partial charge on any atom is -0.480 e. The van der Waals surface area contributed by atoms with Crippen LogP contribution < -0.4 is 0 Å². The standard InChI is InChI=1S/C13H21N3O5/c1-9(17)14-3-2-4-15(6-5-14)13(21)16-8-10(18)7-11(16)12(19)20/h10-11,18H,2-8H2,1H3,(H,19,20)/t10-,11+/m1/s1. The van der Waals surface area contributed by atoms with Gasteiger partial charge in [0, 0.05) is 46.1 Å². The quantitative estimate of drug-likeness (QED) is 0.659. The molecule has 2 aliphatic rings. The lowest BCUT2D eigenvalue weighted by atomic mass is 10.2. The molecule has 3 amide bonds. The number of carbonyl (C=O) groups excluding carboxylic acids is 2. The predicted molar refractivity (Wildman–Crippen MR) is 72.6 cm³/mol. The molecule has 0 aromatic carbocycles. The van der Waals surface area contributed by atoms with Crippen molar-refractivity contribution in [1.29, 1.82) is 0 Å². The molecule has 0 aromatic heterocycles. The van der Waals surface area contributed by atoms with Crippen molar-refractivity contribution in [3.63, 3.8) is 0 Å². The van der Waals surface area contributed by atoms with Gasteiger partial charge in [-0.3, -0.25) is 4.79 Å². The fourth-order valence-electron chi connectivity index (χ4n) is 2.86. The summed E-state index contributed by atoms with van der Waals surface area (Å²) in [5.74, 6) is -1.12. The first-order valence-electron chi connectivity index (χ1n) is 7.12. The van der Waals surface area contributed by atoms with Crippen molar-refractivity contribution in [2.45, 2.75) is 31.9 Å². The fraction of sp³-hybridized carbons (Fsp3) is 0.769. The van der Waals surface area contributed by atoms with E-state index in [0.29, 0.717) is 32.6 Å². The Hall–Kier alpha value is -1.83. The summed E-state index contributed by atoms with van der Waals surface area (Å²) in [6, 6.07) is -1.34. The summed E-state index contributed by atoms with van der Waals surface area (Å²) in [6.45, 7) is 3.47. The van der Waals surface area contributed by atoms with Gasteiger partial charge in [0.2, 0.25) is 5.91 Å². The highest BCUT2D eigenvalue weighted by molar-refractivity contribution is 5.83. The van der Waals surface area contributed by atoms with Crippen LogP contribution in [0.15, 0.2) is 0 Å². The number of β-amino-alcohol motifs (C(OH)–C–C–N with tert-alkyl or cyclic N) is 1. The third kappa shape index (κ3) is 3.44. The summed E-state index contributed by atoms with van der Waals surface area (Å²) in [5.41, 5.74) is 0. The summed E-state index contributed by atoms with van der Waals surface area (Å²) in [5, 5.41) is 18.8. The molecule has 0 saturated carbocycles. The van der Waals surface area contributed by atoms with Crippen LogP contribution in [0.25, 0.3) is 0 Å². The number of urea groups is 1. The molecule has 2 rings (SSSR count). The van der Waals surface area contributed by atoms with Gasteiger partial charge in [0.25, 0.3) is 0 Å². The number of nitrogens with zero attached hydrogens (tertiary/aromatic N) is 3. The Balaban J connectivity index is 2.02. The number of carboxylic acid groups (broad SMARTS) is 1. The molecule has 2 fully saturated rings. The summed E-state index contributed by atoms with van der Waals surface area (Å²) < 4.78 is 0. The van der Waals surface area contributed by atoms with E-state index in [-0.39, 0.29) is 24.9 Å². The molecule has 0 spiro atoms. The van der Waals surface area contributed by atoms with Crippen molar-refractivity contribution in [2.24, 2.45) is 0 Å². The normalized spacial score (nSPS) is 26.7. The number of rotatable bonds is 1. The Kier molecular flexibility index (Phi) is 4.66. The van der Waals surface area contributed by atoms with E-state index < -0.39 is 18.1 Å². The van der Waals surface area contributed by atoms with E-state index in [0.717, 1.165) is 0 Å². The molecule has 0 unspecified atom stereocenters. The van der Waals surface area contributed by atoms with Crippen molar-refractivity contribution in [3.8, 4) is 0 Å². The first-order chi connectivity index (χ1) is 9.90. The van der Waals surface area contributed by atoms with Crippen LogP contribution in [0, 0.1) is 0 Å². The number of aliphatic carboxylic acids is 1. The van der Waals surface area contributed by atoms with Crippen molar-refractivity contribution in [1.82, 2.24) is 14.7 Å². The van der Waals surface area contributed by atoms with E-state index >= 15 is 0 Å². The monoisotopic (exact) mass is 299 g/mol. The molecule has 2 heterocycles. The van der Waals surface area contributed by atoms with Crippen LogP contribution in [0.3, 0.4) is 0 Å². The second-order valence-electron chi connectivity index (χ2n) is 5.53. The molecular weight excluding hydrogens is 278 g/mol. The number of carboxylic acids is 1. The smallest absolute Gasteiger partial charge is 0.326 e. The maximum absolute atomic E-state index is 12.5. The summed E-state index contributed by atoms with van der Waals surface area (Å²) >= 11 is 0. The molecule has 2 saturated heterocycles. The zero-order valence-electron chi connectivity index (χ0n) is 12.1. The Bertz CT molecular complexity index is 442. The minimum absolute atomic E-state index is 0.0238. The number of likely N-dealkylation sites (tertiary alicyclic amines) is 1. The van der Waals surface area contributed by atoms with Gasteiger partial charge in [-0.15, -0.1) is 0 Å². The van der Waals surface area contributed by atoms with Gasteiger partial charge in [-0.1, -0.05) is 0 Å². The summed E-state index contributed by atoms with van der Waals surface area (Å²) in [6.07, 6.45) is -0.0655. The minimum atomic E-state index is -1.10. The molecular formula is C13H21N3O5. The van der Waals surface area contributed by atoms with E-state index in [1.807, 2.05) is 0 Å². The highest BCUT2D eigenvalue weighted by Gasteiger charge is 2.40. The lowest BCUT2D eigenvalue weighted by Gasteiger charge is -2.29.